The minimum Gasteiger partial charge on any atom is -0.437 e. The highest BCUT2D eigenvalue weighted by Gasteiger charge is 2.68. The lowest BCUT2D eigenvalue weighted by molar-refractivity contribution is -0.176. The lowest BCUT2D eigenvalue weighted by Crippen LogP contribution is -2.73. The van der Waals surface area contributed by atoms with Gasteiger partial charge in [-0.1, -0.05) is 30.3 Å². The van der Waals surface area contributed by atoms with E-state index in [0.29, 0.717) is 0 Å². The van der Waals surface area contributed by atoms with E-state index in [1.807, 2.05) is 58.0 Å². The van der Waals surface area contributed by atoms with Gasteiger partial charge in [0.1, 0.15) is 23.5 Å². The van der Waals surface area contributed by atoms with Gasteiger partial charge in [-0.3, -0.25) is 14.9 Å². The van der Waals surface area contributed by atoms with Crippen LogP contribution in [-0.4, -0.2) is 69.4 Å². The number of methoxy groups -OCH3 is 1. The van der Waals surface area contributed by atoms with Crippen molar-refractivity contribution < 1.29 is 23.9 Å². The summed E-state index contributed by atoms with van der Waals surface area (Å²) in [4.78, 5) is 42.4. The van der Waals surface area contributed by atoms with Crippen molar-refractivity contribution >= 4 is 29.5 Å². The summed E-state index contributed by atoms with van der Waals surface area (Å²) >= 11 is 1.53. The number of β-lactam (4-membered cyclic amide) rings is 1. The van der Waals surface area contributed by atoms with Gasteiger partial charge in [-0.15, -0.1) is 11.8 Å². The molecule has 0 radical (unpaired) electrons. The molecule has 30 heavy (non-hydrogen) atoms. The van der Waals surface area contributed by atoms with E-state index in [9.17, 15) is 14.4 Å². The van der Waals surface area contributed by atoms with Gasteiger partial charge < -0.3 is 19.3 Å². The number of benzene rings is 1. The van der Waals surface area contributed by atoms with E-state index >= 15 is 0 Å². The Morgan fingerprint density at radius 3 is 2.43 bits per heavy atom. The van der Waals surface area contributed by atoms with E-state index in [4.69, 9.17) is 9.47 Å². The summed E-state index contributed by atoms with van der Waals surface area (Å²) in [6.07, 6.45) is 0. The Morgan fingerprint density at radius 2 is 1.80 bits per heavy atom. The Morgan fingerprint density at radius 1 is 1.13 bits per heavy atom. The van der Waals surface area contributed by atoms with Crippen molar-refractivity contribution in [1.29, 1.82) is 0 Å². The van der Waals surface area contributed by atoms with Gasteiger partial charge in [0, 0.05) is 11.9 Å². The van der Waals surface area contributed by atoms with Crippen LogP contribution in [0.15, 0.2) is 30.3 Å². The molecule has 4 rings (SSSR count). The van der Waals surface area contributed by atoms with Gasteiger partial charge in [-0.05, 0) is 33.3 Å². The SMILES string of the molecule is COCOC(=O)[C@@H]1N2C(=O)[C@@H](N3C(=O)[C@@H](c4ccccc4)NC3(C)C)[C@H]2SC1(C)C. The van der Waals surface area contributed by atoms with Crippen molar-refractivity contribution in [2.45, 2.75) is 61.6 Å². The lowest BCUT2D eigenvalue weighted by Gasteiger charge is -2.50. The number of hydrogen-bond acceptors (Lipinski definition) is 7. The van der Waals surface area contributed by atoms with Crippen molar-refractivity contribution in [1.82, 2.24) is 15.1 Å². The van der Waals surface area contributed by atoms with Crippen molar-refractivity contribution in [3.05, 3.63) is 35.9 Å². The zero-order valence-electron chi connectivity index (χ0n) is 17.7. The van der Waals surface area contributed by atoms with Crippen LogP contribution < -0.4 is 5.32 Å². The molecule has 3 heterocycles. The Balaban J connectivity index is 1.60. The first kappa shape index (κ1) is 21.1. The topological polar surface area (TPSA) is 88.2 Å². The Kier molecular flexibility index (Phi) is 5.11. The number of fused-ring (bicyclic) bond motifs is 1. The number of esters is 1. The first-order chi connectivity index (χ1) is 14.1. The van der Waals surface area contributed by atoms with Crippen molar-refractivity contribution in [2.24, 2.45) is 0 Å². The standard InChI is InChI=1S/C21H27N3O5S/c1-20(2)15(19(27)29-11-28-5)23-17(26)14(18(23)30-20)24-16(25)13(22-21(24,3)4)12-9-7-6-8-10-12/h6-10,13-15,18,22H,11H2,1-5H3/t13-,14-,15+,18-/m1/s1. The molecule has 2 amide bonds. The number of rotatable bonds is 5. The van der Waals surface area contributed by atoms with Gasteiger partial charge in [0.05, 0.1) is 5.66 Å². The van der Waals surface area contributed by atoms with Crippen LogP contribution in [0.3, 0.4) is 0 Å². The monoisotopic (exact) mass is 433 g/mol. The molecule has 162 valence electrons. The van der Waals surface area contributed by atoms with E-state index in [0.717, 1.165) is 5.56 Å². The minimum atomic E-state index is -0.718. The van der Waals surface area contributed by atoms with Crippen LogP contribution in [0.25, 0.3) is 0 Å². The van der Waals surface area contributed by atoms with Crippen LogP contribution in [0.4, 0.5) is 0 Å². The summed E-state index contributed by atoms with van der Waals surface area (Å²) in [5, 5.41) is 3.07. The average molecular weight is 434 g/mol. The lowest BCUT2D eigenvalue weighted by atomic mass is 9.94. The highest BCUT2D eigenvalue weighted by molar-refractivity contribution is 8.01. The Bertz CT molecular complexity index is 875. The molecule has 8 nitrogen and oxygen atoms in total. The molecule has 0 unspecified atom stereocenters. The summed E-state index contributed by atoms with van der Waals surface area (Å²) < 4.78 is 9.44. The number of carbonyl (C=O) groups is 3. The molecule has 3 saturated heterocycles. The van der Waals surface area contributed by atoms with Gasteiger partial charge in [-0.2, -0.15) is 0 Å². The number of ether oxygens (including phenoxy) is 2. The zero-order valence-corrected chi connectivity index (χ0v) is 18.6. The Hall–Kier alpha value is -2.10. The van der Waals surface area contributed by atoms with Gasteiger partial charge in [0.15, 0.2) is 6.79 Å². The number of thioether (sulfide) groups is 1. The molecule has 0 bridgehead atoms. The largest absolute Gasteiger partial charge is 0.437 e. The fraction of sp³-hybridized carbons (Fsp3) is 0.571. The van der Waals surface area contributed by atoms with Gasteiger partial charge in [0.2, 0.25) is 11.8 Å². The molecule has 0 spiro atoms. The van der Waals surface area contributed by atoms with Crippen LogP contribution in [-0.2, 0) is 23.9 Å². The molecule has 0 saturated carbocycles. The van der Waals surface area contributed by atoms with E-state index in [2.05, 4.69) is 5.32 Å². The minimum absolute atomic E-state index is 0.131. The van der Waals surface area contributed by atoms with Crippen LogP contribution >= 0.6 is 11.8 Å². The maximum Gasteiger partial charge on any atom is 0.332 e. The normalized spacial score (nSPS) is 31.5. The number of nitrogens with one attached hydrogen (secondary N) is 1. The zero-order chi connectivity index (χ0) is 21.8. The molecule has 4 atom stereocenters. The van der Waals surface area contributed by atoms with Crippen molar-refractivity contribution in [3.8, 4) is 0 Å². The maximum absolute atomic E-state index is 13.4. The van der Waals surface area contributed by atoms with E-state index in [1.165, 1.54) is 18.9 Å². The number of hydrogen-bond donors (Lipinski definition) is 1. The fourth-order valence-electron chi connectivity index (χ4n) is 4.66. The first-order valence-corrected chi connectivity index (χ1v) is 10.8. The second-order valence-corrected chi connectivity index (χ2v) is 10.6. The highest BCUT2D eigenvalue weighted by Crippen LogP contribution is 2.54. The summed E-state index contributed by atoms with van der Waals surface area (Å²) in [7, 11) is 1.44. The molecule has 1 aromatic rings. The molecule has 0 aromatic heterocycles. The maximum atomic E-state index is 13.4. The molecular formula is C21H27N3O5S. The number of carbonyl (C=O) groups excluding carboxylic acids is 3. The van der Waals surface area contributed by atoms with Crippen molar-refractivity contribution in [2.75, 3.05) is 13.9 Å². The molecule has 1 N–H and O–H groups in total. The third-order valence-electron chi connectivity index (χ3n) is 5.95. The second kappa shape index (κ2) is 7.25. The summed E-state index contributed by atoms with van der Waals surface area (Å²) in [5.74, 6) is -0.849. The van der Waals surface area contributed by atoms with E-state index in [-0.39, 0.29) is 24.0 Å². The molecule has 0 aliphatic carbocycles. The Labute approximate surface area is 180 Å². The predicted octanol–water partition coefficient (Wildman–Crippen LogP) is 1.47. The van der Waals surface area contributed by atoms with Gasteiger partial charge in [0.25, 0.3) is 0 Å². The van der Waals surface area contributed by atoms with Crippen LogP contribution in [0.2, 0.25) is 0 Å². The van der Waals surface area contributed by atoms with Crippen LogP contribution in [0.5, 0.6) is 0 Å². The average Bonchev–Trinajstić information content (AvgIpc) is 3.09. The van der Waals surface area contributed by atoms with Gasteiger partial charge in [-0.25, -0.2) is 4.79 Å². The van der Waals surface area contributed by atoms with E-state index in [1.54, 1.807) is 9.80 Å². The summed E-state index contributed by atoms with van der Waals surface area (Å²) in [6.45, 7) is 7.48. The number of amides is 2. The third-order valence-corrected chi connectivity index (χ3v) is 7.51. The molecule has 3 aliphatic heterocycles. The van der Waals surface area contributed by atoms with Crippen LogP contribution in [0, 0.1) is 0 Å². The molecule has 9 heteroatoms. The first-order valence-electron chi connectivity index (χ1n) is 9.91. The quantitative estimate of drug-likeness (QED) is 0.427. The summed E-state index contributed by atoms with van der Waals surface area (Å²) in [6, 6.07) is 7.63. The number of nitrogens with zero attached hydrogens (tertiary/aromatic N) is 2. The van der Waals surface area contributed by atoms with Gasteiger partial charge >= 0.3 is 5.97 Å². The smallest absolute Gasteiger partial charge is 0.332 e. The molecular weight excluding hydrogens is 406 g/mol. The molecule has 3 aliphatic rings. The van der Waals surface area contributed by atoms with Crippen LogP contribution in [0.1, 0.15) is 39.3 Å². The molecule has 1 aromatic carbocycles. The molecule has 3 fully saturated rings. The van der Waals surface area contributed by atoms with Crippen molar-refractivity contribution in [3.63, 3.8) is 0 Å². The fourth-order valence-corrected chi connectivity index (χ4v) is 6.33. The predicted molar refractivity (Wildman–Crippen MR) is 111 cm³/mol. The highest BCUT2D eigenvalue weighted by atomic mass is 32.2. The van der Waals surface area contributed by atoms with E-state index < -0.39 is 34.5 Å². The summed E-state index contributed by atoms with van der Waals surface area (Å²) in [5.41, 5.74) is 0.158. The second-order valence-electron chi connectivity index (χ2n) is 8.83. The third kappa shape index (κ3) is 3.11.